The van der Waals surface area contributed by atoms with Crippen LogP contribution in [0.3, 0.4) is 0 Å². The summed E-state index contributed by atoms with van der Waals surface area (Å²) in [5.41, 5.74) is 2.50. The summed E-state index contributed by atoms with van der Waals surface area (Å²) < 4.78 is 8.60. The van der Waals surface area contributed by atoms with E-state index < -0.39 is 0 Å². The van der Waals surface area contributed by atoms with E-state index in [0.29, 0.717) is 31.8 Å². The molecule has 0 spiro atoms. The molecule has 4 rings (SSSR count). The van der Waals surface area contributed by atoms with Gasteiger partial charge in [-0.2, -0.15) is 0 Å². The molecule has 1 amide bonds. The van der Waals surface area contributed by atoms with Gasteiger partial charge in [0, 0.05) is 26.4 Å². The molecule has 0 bridgehead atoms. The number of carbonyl (C=O) groups excluding carboxylic acids is 1. The van der Waals surface area contributed by atoms with Gasteiger partial charge in [-0.3, -0.25) is 13.9 Å². The van der Waals surface area contributed by atoms with Gasteiger partial charge < -0.3 is 9.64 Å². The molecule has 3 aromatic rings. The summed E-state index contributed by atoms with van der Waals surface area (Å²) in [5.74, 6) is 0.0746. The smallest absolute Gasteiger partial charge is 0.330 e. The van der Waals surface area contributed by atoms with Crippen LogP contribution in [0.15, 0.2) is 53.5 Å². The minimum absolute atomic E-state index is 0.0706. The number of amides is 1. The summed E-state index contributed by atoms with van der Waals surface area (Å²) in [7, 11) is 1.60. The summed E-state index contributed by atoms with van der Waals surface area (Å²) in [4.78, 5) is 32.2. The van der Waals surface area contributed by atoms with Gasteiger partial charge in [0.1, 0.15) is 0 Å². The molecular formula is C22H26N4O3. The topological polar surface area (TPSA) is 69.4 Å². The van der Waals surface area contributed by atoms with Crippen molar-refractivity contribution < 1.29 is 9.53 Å². The highest BCUT2D eigenvalue weighted by Crippen LogP contribution is 2.24. The molecule has 0 radical (unpaired) electrons. The first-order valence-corrected chi connectivity index (χ1v) is 10.1. The molecule has 29 heavy (non-hydrogen) atoms. The van der Waals surface area contributed by atoms with E-state index in [2.05, 4.69) is 4.98 Å². The molecule has 3 heterocycles. The Labute approximate surface area is 169 Å². The molecule has 1 aromatic carbocycles. The van der Waals surface area contributed by atoms with E-state index in [-0.39, 0.29) is 17.6 Å². The van der Waals surface area contributed by atoms with Gasteiger partial charge in [0.15, 0.2) is 5.65 Å². The Morgan fingerprint density at radius 1 is 1.21 bits per heavy atom. The van der Waals surface area contributed by atoms with Gasteiger partial charge in [-0.1, -0.05) is 30.3 Å². The van der Waals surface area contributed by atoms with Crippen LogP contribution in [0.1, 0.15) is 30.9 Å². The number of nitrogens with zero attached hydrogens (tertiary/aromatic N) is 4. The fourth-order valence-corrected chi connectivity index (χ4v) is 4.10. The molecule has 1 fully saturated rings. The summed E-state index contributed by atoms with van der Waals surface area (Å²) in [6.45, 7) is 2.17. The number of imidazole rings is 1. The summed E-state index contributed by atoms with van der Waals surface area (Å²) >= 11 is 0. The number of hydrogen-bond acceptors (Lipinski definition) is 4. The average Bonchev–Trinajstić information content (AvgIpc) is 3.04. The van der Waals surface area contributed by atoms with E-state index in [4.69, 9.17) is 4.74 Å². The Morgan fingerprint density at radius 3 is 2.83 bits per heavy atom. The van der Waals surface area contributed by atoms with Crippen LogP contribution in [0.4, 0.5) is 0 Å². The maximum atomic E-state index is 13.4. The summed E-state index contributed by atoms with van der Waals surface area (Å²) in [5, 5.41) is 0. The van der Waals surface area contributed by atoms with Crippen LogP contribution in [-0.4, -0.2) is 51.7 Å². The SMILES string of the molecule is COCCC(=O)N1CCC[C@H](n2c(=O)n(Cc3ccccc3)c3cccnc32)C1. The predicted molar refractivity (Wildman–Crippen MR) is 111 cm³/mol. The maximum Gasteiger partial charge on any atom is 0.330 e. The van der Waals surface area contributed by atoms with Crippen LogP contribution in [-0.2, 0) is 16.1 Å². The molecule has 7 heteroatoms. The third kappa shape index (κ3) is 3.96. The lowest BCUT2D eigenvalue weighted by molar-refractivity contribution is -0.133. The number of rotatable bonds is 6. The van der Waals surface area contributed by atoms with Crippen molar-refractivity contribution in [1.29, 1.82) is 0 Å². The van der Waals surface area contributed by atoms with Crippen molar-refractivity contribution in [2.24, 2.45) is 0 Å². The number of ether oxygens (including phenoxy) is 1. The monoisotopic (exact) mass is 394 g/mol. The fraction of sp³-hybridized carbons (Fsp3) is 0.409. The Kier molecular flexibility index (Phi) is 5.76. The third-order valence-electron chi connectivity index (χ3n) is 5.54. The Hall–Kier alpha value is -2.93. The van der Waals surface area contributed by atoms with Gasteiger partial charge in [-0.25, -0.2) is 9.78 Å². The standard InChI is InChI=1S/C22H26N4O3/c1-29-14-11-20(27)24-13-6-9-18(16-24)26-21-19(10-5-12-23-21)25(22(26)28)15-17-7-3-2-4-8-17/h2-5,7-8,10,12,18H,6,9,11,13-16H2,1H3/t18-/m0/s1. The Morgan fingerprint density at radius 2 is 2.03 bits per heavy atom. The molecule has 2 aromatic heterocycles. The van der Waals surface area contributed by atoms with E-state index in [9.17, 15) is 9.59 Å². The van der Waals surface area contributed by atoms with Gasteiger partial charge in [0.25, 0.3) is 0 Å². The summed E-state index contributed by atoms with van der Waals surface area (Å²) in [6, 6.07) is 13.7. The van der Waals surface area contributed by atoms with Crippen LogP contribution in [0.5, 0.6) is 0 Å². The maximum absolute atomic E-state index is 13.4. The quantitative estimate of drug-likeness (QED) is 0.644. The van der Waals surface area contributed by atoms with Crippen molar-refractivity contribution in [3.8, 4) is 0 Å². The van der Waals surface area contributed by atoms with Crippen molar-refractivity contribution in [3.63, 3.8) is 0 Å². The van der Waals surface area contributed by atoms with Crippen LogP contribution >= 0.6 is 0 Å². The lowest BCUT2D eigenvalue weighted by Gasteiger charge is -2.33. The molecular weight excluding hydrogens is 368 g/mol. The van der Waals surface area contributed by atoms with Gasteiger partial charge >= 0.3 is 5.69 Å². The highest BCUT2D eigenvalue weighted by atomic mass is 16.5. The van der Waals surface area contributed by atoms with Crippen LogP contribution in [0.2, 0.25) is 0 Å². The molecule has 1 saturated heterocycles. The zero-order chi connectivity index (χ0) is 20.2. The second-order valence-electron chi connectivity index (χ2n) is 7.45. The summed E-state index contributed by atoms with van der Waals surface area (Å²) in [6.07, 6.45) is 3.81. The lowest BCUT2D eigenvalue weighted by atomic mass is 10.1. The number of benzene rings is 1. The van der Waals surface area contributed by atoms with Crippen LogP contribution < -0.4 is 5.69 Å². The number of fused-ring (bicyclic) bond motifs is 1. The number of carbonyl (C=O) groups is 1. The zero-order valence-corrected chi connectivity index (χ0v) is 16.7. The number of hydrogen-bond donors (Lipinski definition) is 0. The fourth-order valence-electron chi connectivity index (χ4n) is 4.10. The second-order valence-corrected chi connectivity index (χ2v) is 7.45. The van der Waals surface area contributed by atoms with E-state index in [1.807, 2.05) is 47.4 Å². The van der Waals surface area contributed by atoms with E-state index in [1.165, 1.54) is 0 Å². The van der Waals surface area contributed by atoms with Crippen molar-refractivity contribution in [1.82, 2.24) is 19.0 Å². The molecule has 152 valence electrons. The van der Waals surface area contributed by atoms with Gasteiger partial charge in [-0.05, 0) is 30.5 Å². The third-order valence-corrected chi connectivity index (χ3v) is 5.54. The minimum Gasteiger partial charge on any atom is -0.384 e. The van der Waals surface area contributed by atoms with Crippen molar-refractivity contribution in [2.45, 2.75) is 31.8 Å². The van der Waals surface area contributed by atoms with Gasteiger partial charge in [0.2, 0.25) is 5.91 Å². The van der Waals surface area contributed by atoms with Crippen LogP contribution in [0.25, 0.3) is 11.2 Å². The molecule has 1 aliphatic heterocycles. The first-order valence-electron chi connectivity index (χ1n) is 10.1. The number of aromatic nitrogens is 3. The molecule has 0 N–H and O–H groups in total. The molecule has 7 nitrogen and oxygen atoms in total. The zero-order valence-electron chi connectivity index (χ0n) is 16.7. The highest BCUT2D eigenvalue weighted by molar-refractivity contribution is 5.76. The lowest BCUT2D eigenvalue weighted by Crippen LogP contribution is -2.43. The number of likely N-dealkylation sites (tertiary alicyclic amines) is 1. The minimum atomic E-state index is -0.0721. The number of pyridine rings is 1. The average molecular weight is 394 g/mol. The first-order chi connectivity index (χ1) is 14.2. The largest absolute Gasteiger partial charge is 0.384 e. The first kappa shape index (κ1) is 19.4. The molecule has 1 atom stereocenters. The molecule has 0 aliphatic carbocycles. The highest BCUT2D eigenvalue weighted by Gasteiger charge is 2.28. The van der Waals surface area contributed by atoms with Crippen LogP contribution in [0, 0.1) is 0 Å². The second kappa shape index (κ2) is 8.61. The van der Waals surface area contributed by atoms with Crippen molar-refractivity contribution >= 4 is 17.1 Å². The van der Waals surface area contributed by atoms with E-state index in [0.717, 1.165) is 30.5 Å². The van der Waals surface area contributed by atoms with E-state index in [1.54, 1.807) is 22.4 Å². The van der Waals surface area contributed by atoms with E-state index >= 15 is 0 Å². The number of piperidine rings is 1. The Balaban J connectivity index is 1.68. The van der Waals surface area contributed by atoms with Crippen molar-refractivity contribution in [2.75, 3.05) is 26.8 Å². The molecule has 1 aliphatic rings. The Bertz CT molecular complexity index is 1040. The molecule has 0 unspecified atom stereocenters. The van der Waals surface area contributed by atoms with Crippen molar-refractivity contribution in [3.05, 3.63) is 64.7 Å². The van der Waals surface area contributed by atoms with Gasteiger partial charge in [-0.15, -0.1) is 0 Å². The van der Waals surface area contributed by atoms with Gasteiger partial charge in [0.05, 0.1) is 31.1 Å². The molecule has 0 saturated carbocycles. The number of methoxy groups -OCH3 is 1. The normalized spacial score (nSPS) is 17.0. The predicted octanol–water partition coefficient (Wildman–Crippen LogP) is 2.45.